The molecule has 1 atom stereocenters. The third kappa shape index (κ3) is 5.47. The Morgan fingerprint density at radius 3 is 2.73 bits per heavy atom. The molecule has 86 valence electrons. The van der Waals surface area contributed by atoms with Gasteiger partial charge in [-0.3, -0.25) is 0 Å². The Morgan fingerprint density at radius 1 is 1.47 bits per heavy atom. The van der Waals surface area contributed by atoms with Crippen molar-refractivity contribution in [1.29, 1.82) is 0 Å². The van der Waals surface area contributed by atoms with E-state index in [1.54, 1.807) is 12.3 Å². The first-order chi connectivity index (χ1) is 6.97. The van der Waals surface area contributed by atoms with E-state index in [2.05, 4.69) is 5.32 Å². The first-order valence-corrected chi connectivity index (χ1v) is 4.77. The standard InChI is InChI=1S/C10H14F3NO/c1-8(5-9-3-2-4-15-9)6-14-7-10(11,12)13/h2-4,8,14H,5-7H2,1H3. The summed E-state index contributed by atoms with van der Waals surface area (Å²) in [4.78, 5) is 0. The van der Waals surface area contributed by atoms with E-state index < -0.39 is 12.7 Å². The van der Waals surface area contributed by atoms with Crippen molar-refractivity contribution < 1.29 is 17.6 Å². The molecule has 2 nitrogen and oxygen atoms in total. The van der Waals surface area contributed by atoms with Gasteiger partial charge in [-0.2, -0.15) is 13.2 Å². The average Bonchev–Trinajstić information content (AvgIpc) is 2.54. The van der Waals surface area contributed by atoms with Crippen LogP contribution in [0.1, 0.15) is 12.7 Å². The highest BCUT2D eigenvalue weighted by molar-refractivity contribution is 4.98. The van der Waals surface area contributed by atoms with Gasteiger partial charge in [-0.05, 0) is 24.6 Å². The first kappa shape index (κ1) is 12.1. The SMILES string of the molecule is CC(CNCC(F)(F)F)Cc1ccco1. The van der Waals surface area contributed by atoms with Crippen LogP contribution >= 0.6 is 0 Å². The second-order valence-electron chi connectivity index (χ2n) is 3.63. The minimum absolute atomic E-state index is 0.124. The second-order valence-corrected chi connectivity index (χ2v) is 3.63. The maximum Gasteiger partial charge on any atom is 0.401 e. The van der Waals surface area contributed by atoms with E-state index >= 15 is 0 Å². The normalized spacial score (nSPS) is 14.1. The van der Waals surface area contributed by atoms with E-state index in [0.29, 0.717) is 13.0 Å². The maximum absolute atomic E-state index is 11.8. The third-order valence-electron chi connectivity index (χ3n) is 1.95. The Balaban J connectivity index is 2.17. The lowest BCUT2D eigenvalue weighted by Crippen LogP contribution is -2.32. The summed E-state index contributed by atoms with van der Waals surface area (Å²) in [6.07, 6.45) is -1.92. The highest BCUT2D eigenvalue weighted by Crippen LogP contribution is 2.13. The number of furan rings is 1. The zero-order valence-corrected chi connectivity index (χ0v) is 8.47. The molecule has 0 saturated heterocycles. The highest BCUT2D eigenvalue weighted by atomic mass is 19.4. The fourth-order valence-electron chi connectivity index (χ4n) is 1.30. The monoisotopic (exact) mass is 221 g/mol. The van der Waals surface area contributed by atoms with E-state index in [-0.39, 0.29) is 5.92 Å². The molecular formula is C10H14F3NO. The topological polar surface area (TPSA) is 25.2 Å². The predicted molar refractivity (Wildman–Crippen MR) is 50.5 cm³/mol. The van der Waals surface area contributed by atoms with E-state index in [4.69, 9.17) is 4.42 Å². The van der Waals surface area contributed by atoms with Gasteiger partial charge in [0.05, 0.1) is 12.8 Å². The molecular weight excluding hydrogens is 207 g/mol. The summed E-state index contributed by atoms with van der Waals surface area (Å²) in [6, 6.07) is 3.59. The van der Waals surface area contributed by atoms with Crippen LogP contribution in [0.4, 0.5) is 13.2 Å². The summed E-state index contributed by atoms with van der Waals surface area (Å²) in [5.41, 5.74) is 0. The third-order valence-corrected chi connectivity index (χ3v) is 1.95. The molecule has 1 rings (SSSR count). The van der Waals surface area contributed by atoms with Crippen molar-refractivity contribution >= 4 is 0 Å². The van der Waals surface area contributed by atoms with E-state index in [9.17, 15) is 13.2 Å². The summed E-state index contributed by atoms with van der Waals surface area (Å²) in [5, 5.41) is 2.37. The Morgan fingerprint density at radius 2 is 2.20 bits per heavy atom. The second kappa shape index (κ2) is 5.21. The zero-order chi connectivity index (χ0) is 11.3. The minimum Gasteiger partial charge on any atom is -0.469 e. The fourth-order valence-corrected chi connectivity index (χ4v) is 1.30. The number of nitrogens with one attached hydrogen (secondary N) is 1. The molecule has 1 unspecified atom stereocenters. The van der Waals surface area contributed by atoms with Crippen LogP contribution in [0.2, 0.25) is 0 Å². The van der Waals surface area contributed by atoms with Gasteiger partial charge in [0.1, 0.15) is 5.76 Å². The minimum atomic E-state index is -4.13. The molecule has 0 radical (unpaired) electrons. The van der Waals surface area contributed by atoms with Crippen LogP contribution in [0, 0.1) is 5.92 Å². The molecule has 1 heterocycles. The molecule has 0 fully saturated rings. The van der Waals surface area contributed by atoms with Crippen molar-refractivity contribution in [2.45, 2.75) is 19.5 Å². The molecule has 0 aliphatic heterocycles. The molecule has 5 heteroatoms. The fraction of sp³-hybridized carbons (Fsp3) is 0.600. The Bertz CT molecular complexity index is 269. The van der Waals surface area contributed by atoms with Gasteiger partial charge in [0.2, 0.25) is 0 Å². The molecule has 15 heavy (non-hydrogen) atoms. The molecule has 0 bridgehead atoms. The van der Waals surface area contributed by atoms with Gasteiger partial charge in [-0.1, -0.05) is 6.92 Å². The largest absolute Gasteiger partial charge is 0.469 e. The molecule has 0 saturated carbocycles. The van der Waals surface area contributed by atoms with Crippen LogP contribution in [-0.4, -0.2) is 19.3 Å². The van der Waals surface area contributed by atoms with Crippen LogP contribution < -0.4 is 5.32 Å². The number of rotatable bonds is 5. The lowest BCUT2D eigenvalue weighted by molar-refractivity contribution is -0.125. The van der Waals surface area contributed by atoms with Gasteiger partial charge in [0, 0.05) is 6.42 Å². The molecule has 1 N–H and O–H groups in total. The molecule has 0 spiro atoms. The predicted octanol–water partition coefficient (Wildman–Crippen LogP) is 2.61. The van der Waals surface area contributed by atoms with Crippen molar-refractivity contribution in [3.05, 3.63) is 24.2 Å². The average molecular weight is 221 g/mol. The van der Waals surface area contributed by atoms with E-state index in [0.717, 1.165) is 5.76 Å². The van der Waals surface area contributed by atoms with E-state index in [1.165, 1.54) is 0 Å². The lowest BCUT2D eigenvalue weighted by atomic mass is 10.1. The van der Waals surface area contributed by atoms with E-state index in [1.807, 2.05) is 13.0 Å². The maximum atomic E-state index is 11.8. The van der Waals surface area contributed by atoms with Crippen molar-refractivity contribution in [2.24, 2.45) is 5.92 Å². The molecule has 1 aromatic heterocycles. The van der Waals surface area contributed by atoms with Crippen LogP contribution in [0.5, 0.6) is 0 Å². The molecule has 1 aromatic rings. The van der Waals surface area contributed by atoms with Gasteiger partial charge < -0.3 is 9.73 Å². The van der Waals surface area contributed by atoms with Gasteiger partial charge in [-0.25, -0.2) is 0 Å². The van der Waals surface area contributed by atoms with Crippen LogP contribution in [-0.2, 0) is 6.42 Å². The number of halogens is 3. The van der Waals surface area contributed by atoms with Gasteiger partial charge in [0.25, 0.3) is 0 Å². The summed E-state index contributed by atoms with van der Waals surface area (Å²) < 4.78 is 40.5. The molecule has 0 aromatic carbocycles. The Hall–Kier alpha value is -0.970. The van der Waals surface area contributed by atoms with Crippen molar-refractivity contribution in [3.63, 3.8) is 0 Å². The molecule has 0 aliphatic carbocycles. The quantitative estimate of drug-likeness (QED) is 0.826. The summed E-state index contributed by atoms with van der Waals surface area (Å²) in [5.74, 6) is 0.926. The number of hydrogen-bond acceptors (Lipinski definition) is 2. The number of alkyl halides is 3. The lowest BCUT2D eigenvalue weighted by Gasteiger charge is -2.12. The highest BCUT2D eigenvalue weighted by Gasteiger charge is 2.26. The summed E-state index contributed by atoms with van der Waals surface area (Å²) >= 11 is 0. The summed E-state index contributed by atoms with van der Waals surface area (Å²) in [6.45, 7) is 1.28. The number of hydrogen-bond donors (Lipinski definition) is 1. The zero-order valence-electron chi connectivity index (χ0n) is 8.47. The smallest absolute Gasteiger partial charge is 0.401 e. The molecule has 0 amide bonds. The van der Waals surface area contributed by atoms with Gasteiger partial charge in [0.15, 0.2) is 0 Å². The van der Waals surface area contributed by atoms with Crippen molar-refractivity contribution in [1.82, 2.24) is 5.32 Å². The van der Waals surface area contributed by atoms with Crippen LogP contribution in [0.3, 0.4) is 0 Å². The molecule has 0 aliphatic rings. The van der Waals surface area contributed by atoms with Crippen molar-refractivity contribution in [2.75, 3.05) is 13.1 Å². The van der Waals surface area contributed by atoms with Crippen LogP contribution in [0.25, 0.3) is 0 Å². The van der Waals surface area contributed by atoms with Crippen molar-refractivity contribution in [3.8, 4) is 0 Å². The summed E-state index contributed by atoms with van der Waals surface area (Å²) in [7, 11) is 0. The Labute approximate surface area is 86.5 Å². The van der Waals surface area contributed by atoms with Gasteiger partial charge >= 0.3 is 6.18 Å². The Kier molecular flexibility index (Phi) is 4.20. The van der Waals surface area contributed by atoms with Gasteiger partial charge in [-0.15, -0.1) is 0 Å². The first-order valence-electron chi connectivity index (χ1n) is 4.77. The van der Waals surface area contributed by atoms with Crippen LogP contribution in [0.15, 0.2) is 22.8 Å².